The van der Waals surface area contributed by atoms with Crippen LogP contribution in [-0.2, 0) is 6.42 Å². The minimum atomic E-state index is 0.105. The average Bonchev–Trinajstić information content (AvgIpc) is 3.09. The van der Waals surface area contributed by atoms with E-state index < -0.39 is 0 Å². The molecular formula is C19H21NO4. The Balaban J connectivity index is 1.77. The van der Waals surface area contributed by atoms with Crippen LogP contribution in [0, 0.1) is 0 Å². The second kappa shape index (κ2) is 6.24. The Morgan fingerprint density at radius 2 is 2.04 bits per heavy atom. The maximum Gasteiger partial charge on any atom is 0.231 e. The molecule has 1 atom stereocenters. The van der Waals surface area contributed by atoms with Gasteiger partial charge in [-0.3, -0.25) is 0 Å². The predicted octanol–water partition coefficient (Wildman–Crippen LogP) is 3.06. The van der Waals surface area contributed by atoms with E-state index in [1.54, 1.807) is 7.11 Å². The lowest BCUT2D eigenvalue weighted by molar-refractivity contribution is 0.174. The first-order valence-electron chi connectivity index (χ1n) is 8.27. The molecule has 4 rings (SSSR count). The Morgan fingerprint density at radius 3 is 2.88 bits per heavy atom. The van der Waals surface area contributed by atoms with E-state index in [1.807, 2.05) is 19.1 Å². The quantitative estimate of drug-likeness (QED) is 0.935. The summed E-state index contributed by atoms with van der Waals surface area (Å²) in [5, 5.41) is 3.60. The summed E-state index contributed by atoms with van der Waals surface area (Å²) in [4.78, 5) is 0. The zero-order valence-corrected chi connectivity index (χ0v) is 13.9. The van der Waals surface area contributed by atoms with Gasteiger partial charge in [0.25, 0.3) is 0 Å². The highest BCUT2D eigenvalue weighted by Gasteiger charge is 2.27. The van der Waals surface area contributed by atoms with Gasteiger partial charge in [-0.1, -0.05) is 12.1 Å². The van der Waals surface area contributed by atoms with Gasteiger partial charge in [-0.15, -0.1) is 0 Å². The number of rotatable bonds is 4. The van der Waals surface area contributed by atoms with Crippen molar-refractivity contribution in [3.8, 4) is 23.0 Å². The van der Waals surface area contributed by atoms with Gasteiger partial charge in [0.2, 0.25) is 6.79 Å². The third-order valence-corrected chi connectivity index (χ3v) is 4.53. The molecule has 1 N–H and O–H groups in total. The van der Waals surface area contributed by atoms with Gasteiger partial charge in [-0.05, 0) is 42.7 Å². The summed E-state index contributed by atoms with van der Waals surface area (Å²) in [6, 6.07) is 10.3. The van der Waals surface area contributed by atoms with Crippen molar-refractivity contribution in [3.63, 3.8) is 0 Å². The van der Waals surface area contributed by atoms with Gasteiger partial charge in [0.05, 0.1) is 19.8 Å². The lowest BCUT2D eigenvalue weighted by Gasteiger charge is -2.29. The number of benzene rings is 2. The number of fused-ring (bicyclic) bond motifs is 2. The van der Waals surface area contributed by atoms with Crippen molar-refractivity contribution in [1.82, 2.24) is 5.32 Å². The molecule has 1 unspecified atom stereocenters. The fourth-order valence-electron chi connectivity index (χ4n) is 3.45. The summed E-state index contributed by atoms with van der Waals surface area (Å²) in [6.45, 7) is 3.79. The molecule has 5 nitrogen and oxygen atoms in total. The SMILES string of the molecule is CCOc1c(OC)ccc2c1CCNC2c1ccc2c(c1)OCO2. The summed E-state index contributed by atoms with van der Waals surface area (Å²) in [5.41, 5.74) is 3.61. The topological polar surface area (TPSA) is 49.0 Å². The van der Waals surface area contributed by atoms with Crippen molar-refractivity contribution >= 4 is 0 Å². The molecule has 126 valence electrons. The Kier molecular flexibility index (Phi) is 3.94. The fraction of sp³-hybridized carbons (Fsp3) is 0.368. The fourth-order valence-corrected chi connectivity index (χ4v) is 3.45. The normalized spacial score (nSPS) is 18.2. The predicted molar refractivity (Wildman–Crippen MR) is 90.3 cm³/mol. The van der Waals surface area contributed by atoms with Crippen LogP contribution in [0.3, 0.4) is 0 Å². The molecule has 2 aromatic carbocycles. The van der Waals surface area contributed by atoms with Gasteiger partial charge >= 0.3 is 0 Å². The molecule has 0 saturated carbocycles. The van der Waals surface area contributed by atoms with Gasteiger partial charge in [-0.2, -0.15) is 0 Å². The molecule has 5 heteroatoms. The summed E-state index contributed by atoms with van der Waals surface area (Å²) in [7, 11) is 1.68. The Bertz CT molecular complexity index is 759. The van der Waals surface area contributed by atoms with E-state index in [1.165, 1.54) is 11.1 Å². The number of ether oxygens (including phenoxy) is 4. The van der Waals surface area contributed by atoms with Crippen LogP contribution in [-0.4, -0.2) is 27.1 Å². The van der Waals surface area contributed by atoms with E-state index in [0.29, 0.717) is 13.4 Å². The Labute approximate surface area is 141 Å². The summed E-state index contributed by atoms with van der Waals surface area (Å²) in [6.07, 6.45) is 0.920. The summed E-state index contributed by atoms with van der Waals surface area (Å²) in [5.74, 6) is 3.27. The zero-order valence-electron chi connectivity index (χ0n) is 13.9. The average molecular weight is 327 g/mol. The number of methoxy groups -OCH3 is 1. The van der Waals surface area contributed by atoms with Crippen molar-refractivity contribution in [2.24, 2.45) is 0 Å². The molecule has 0 bridgehead atoms. The van der Waals surface area contributed by atoms with Crippen LogP contribution in [0.4, 0.5) is 0 Å². The lowest BCUT2D eigenvalue weighted by Crippen LogP contribution is -2.31. The van der Waals surface area contributed by atoms with Crippen LogP contribution >= 0.6 is 0 Å². The molecule has 24 heavy (non-hydrogen) atoms. The van der Waals surface area contributed by atoms with Crippen LogP contribution in [0.1, 0.15) is 29.7 Å². The highest BCUT2D eigenvalue weighted by molar-refractivity contribution is 5.56. The standard InChI is InChI=1S/C19H21NO4/c1-3-22-19-14-8-9-20-18(13(14)5-7-16(19)21-2)12-4-6-15-17(10-12)24-11-23-15/h4-7,10,18,20H,3,8-9,11H2,1-2H3. The summed E-state index contributed by atoms with van der Waals surface area (Å²) < 4.78 is 22.3. The number of hydrogen-bond donors (Lipinski definition) is 1. The van der Waals surface area contributed by atoms with E-state index in [9.17, 15) is 0 Å². The third-order valence-electron chi connectivity index (χ3n) is 4.53. The molecule has 0 saturated heterocycles. The number of hydrogen-bond acceptors (Lipinski definition) is 5. The second-order valence-corrected chi connectivity index (χ2v) is 5.85. The Hall–Kier alpha value is -2.40. The van der Waals surface area contributed by atoms with Gasteiger partial charge in [-0.25, -0.2) is 0 Å². The molecule has 0 spiro atoms. The molecule has 0 radical (unpaired) electrons. The van der Waals surface area contributed by atoms with Gasteiger partial charge in [0.15, 0.2) is 23.0 Å². The van der Waals surface area contributed by atoms with Gasteiger partial charge in [0, 0.05) is 12.1 Å². The van der Waals surface area contributed by atoms with Crippen LogP contribution in [0.15, 0.2) is 30.3 Å². The summed E-state index contributed by atoms with van der Waals surface area (Å²) >= 11 is 0. The smallest absolute Gasteiger partial charge is 0.231 e. The highest BCUT2D eigenvalue weighted by atomic mass is 16.7. The largest absolute Gasteiger partial charge is 0.493 e. The van der Waals surface area contributed by atoms with Crippen LogP contribution in [0.25, 0.3) is 0 Å². The van der Waals surface area contributed by atoms with Crippen molar-refractivity contribution in [2.75, 3.05) is 27.1 Å². The molecule has 0 amide bonds. The second-order valence-electron chi connectivity index (χ2n) is 5.85. The monoisotopic (exact) mass is 327 g/mol. The van der Waals surface area contributed by atoms with Crippen molar-refractivity contribution in [3.05, 3.63) is 47.0 Å². The molecular weight excluding hydrogens is 306 g/mol. The molecule has 0 aliphatic carbocycles. The molecule has 2 heterocycles. The Morgan fingerprint density at radius 1 is 1.17 bits per heavy atom. The van der Waals surface area contributed by atoms with Crippen molar-refractivity contribution in [2.45, 2.75) is 19.4 Å². The van der Waals surface area contributed by atoms with E-state index >= 15 is 0 Å². The molecule has 2 aromatic rings. The maximum atomic E-state index is 5.89. The zero-order chi connectivity index (χ0) is 16.5. The van der Waals surface area contributed by atoms with E-state index in [2.05, 4.69) is 23.5 Å². The first-order valence-corrected chi connectivity index (χ1v) is 8.27. The number of nitrogens with one attached hydrogen (secondary N) is 1. The maximum absolute atomic E-state index is 5.89. The minimum Gasteiger partial charge on any atom is -0.493 e. The molecule has 0 aromatic heterocycles. The van der Waals surface area contributed by atoms with Gasteiger partial charge in [0.1, 0.15) is 0 Å². The molecule has 0 fully saturated rings. The van der Waals surface area contributed by atoms with Gasteiger partial charge < -0.3 is 24.3 Å². The van der Waals surface area contributed by atoms with E-state index in [-0.39, 0.29) is 6.04 Å². The third kappa shape index (κ3) is 2.45. The van der Waals surface area contributed by atoms with Crippen LogP contribution < -0.4 is 24.3 Å². The van der Waals surface area contributed by atoms with Crippen LogP contribution in [0.5, 0.6) is 23.0 Å². The van der Waals surface area contributed by atoms with Crippen molar-refractivity contribution < 1.29 is 18.9 Å². The van der Waals surface area contributed by atoms with Crippen molar-refractivity contribution in [1.29, 1.82) is 0 Å². The molecule has 2 aliphatic heterocycles. The first-order chi connectivity index (χ1) is 11.8. The highest BCUT2D eigenvalue weighted by Crippen LogP contribution is 2.42. The lowest BCUT2D eigenvalue weighted by atomic mass is 9.89. The van der Waals surface area contributed by atoms with E-state index in [4.69, 9.17) is 18.9 Å². The van der Waals surface area contributed by atoms with E-state index in [0.717, 1.165) is 41.5 Å². The first kappa shape index (κ1) is 15.1. The van der Waals surface area contributed by atoms with Crippen LogP contribution in [0.2, 0.25) is 0 Å². The minimum absolute atomic E-state index is 0.105. The molecule has 2 aliphatic rings.